The van der Waals surface area contributed by atoms with Gasteiger partial charge in [0.15, 0.2) is 0 Å². The van der Waals surface area contributed by atoms with Gasteiger partial charge in [-0.1, -0.05) is 6.07 Å². The van der Waals surface area contributed by atoms with Crippen LogP contribution < -0.4 is 0 Å². The van der Waals surface area contributed by atoms with Gasteiger partial charge in [0.25, 0.3) is 0 Å². The fraction of sp³-hybridized carbons (Fsp3) is 0.688. The lowest BCUT2D eigenvalue weighted by Gasteiger charge is -2.22. The first-order chi connectivity index (χ1) is 9.81. The van der Waals surface area contributed by atoms with Gasteiger partial charge in [-0.05, 0) is 49.6 Å². The number of hydrogen-bond acceptors (Lipinski definition) is 3. The minimum absolute atomic E-state index is 0.340. The van der Waals surface area contributed by atoms with Crippen LogP contribution in [0.15, 0.2) is 17.5 Å². The molecule has 2 heterocycles. The van der Waals surface area contributed by atoms with Crippen LogP contribution in [0.3, 0.4) is 0 Å². The Morgan fingerprint density at radius 2 is 2.15 bits per heavy atom. The molecule has 1 saturated carbocycles. The second kappa shape index (κ2) is 6.72. The van der Waals surface area contributed by atoms with E-state index in [2.05, 4.69) is 27.3 Å². The summed E-state index contributed by atoms with van der Waals surface area (Å²) in [5.74, 6) is 1.29. The van der Waals surface area contributed by atoms with Crippen LogP contribution >= 0.6 is 11.3 Å². The zero-order valence-corrected chi connectivity index (χ0v) is 12.9. The van der Waals surface area contributed by atoms with Crippen LogP contribution in [0, 0.1) is 5.92 Å². The van der Waals surface area contributed by atoms with E-state index in [1.165, 1.54) is 30.8 Å². The van der Waals surface area contributed by atoms with E-state index in [4.69, 9.17) is 0 Å². The molecule has 0 spiro atoms. The van der Waals surface area contributed by atoms with Crippen molar-refractivity contribution in [3.8, 4) is 0 Å². The summed E-state index contributed by atoms with van der Waals surface area (Å²) >= 11 is 1.75. The molecule has 3 rings (SSSR count). The summed E-state index contributed by atoms with van der Waals surface area (Å²) in [7, 11) is 0. The first kappa shape index (κ1) is 14.1. The molecule has 1 aliphatic carbocycles. The average molecular weight is 292 g/mol. The van der Waals surface area contributed by atoms with Crippen molar-refractivity contribution in [2.75, 3.05) is 32.7 Å². The number of hydrogen-bond donors (Lipinski definition) is 0. The summed E-state index contributed by atoms with van der Waals surface area (Å²) in [5.41, 5.74) is 0. The van der Waals surface area contributed by atoms with Gasteiger partial charge in [-0.25, -0.2) is 0 Å². The van der Waals surface area contributed by atoms with Crippen LogP contribution in [-0.4, -0.2) is 48.4 Å². The van der Waals surface area contributed by atoms with Crippen LogP contribution in [0.2, 0.25) is 0 Å². The summed E-state index contributed by atoms with van der Waals surface area (Å²) in [6, 6.07) is 4.18. The van der Waals surface area contributed by atoms with Crippen molar-refractivity contribution in [3.05, 3.63) is 22.4 Å². The highest BCUT2D eigenvalue weighted by Crippen LogP contribution is 2.29. The van der Waals surface area contributed by atoms with E-state index in [0.717, 1.165) is 38.4 Å². The van der Waals surface area contributed by atoms with Crippen LogP contribution in [0.1, 0.15) is 30.6 Å². The molecule has 20 heavy (non-hydrogen) atoms. The Morgan fingerprint density at radius 3 is 2.90 bits per heavy atom. The molecule has 0 aromatic carbocycles. The third-order valence-corrected chi connectivity index (χ3v) is 5.26. The largest absolute Gasteiger partial charge is 0.341 e. The Kier molecular flexibility index (Phi) is 4.73. The molecule has 4 heteroatoms. The lowest BCUT2D eigenvalue weighted by molar-refractivity contribution is -0.131. The van der Waals surface area contributed by atoms with Crippen molar-refractivity contribution in [2.24, 2.45) is 5.92 Å². The lowest BCUT2D eigenvalue weighted by atomic mass is 10.2. The third kappa shape index (κ3) is 4.06. The molecule has 2 aliphatic rings. The Bertz CT molecular complexity index is 428. The molecule has 0 unspecified atom stereocenters. The van der Waals surface area contributed by atoms with E-state index in [-0.39, 0.29) is 0 Å². The molecule has 0 radical (unpaired) electrons. The minimum atomic E-state index is 0.340. The van der Waals surface area contributed by atoms with Crippen molar-refractivity contribution in [2.45, 2.75) is 32.1 Å². The Balaban J connectivity index is 1.43. The molecular weight excluding hydrogens is 268 g/mol. The molecule has 3 nitrogen and oxygen atoms in total. The smallest absolute Gasteiger partial charge is 0.222 e. The number of amides is 1. The fourth-order valence-electron chi connectivity index (χ4n) is 2.91. The highest BCUT2D eigenvalue weighted by atomic mass is 32.1. The predicted octanol–water partition coefficient (Wildman–Crippen LogP) is 2.63. The topological polar surface area (TPSA) is 23.6 Å². The standard InChI is InChI=1S/C16H24N2OS/c19-16(7-6-15-3-1-12-20-15)18-9-2-8-17(10-11-18)13-14-4-5-14/h1,3,12,14H,2,4-11,13H2. The van der Waals surface area contributed by atoms with E-state index in [1.54, 1.807) is 11.3 Å². The zero-order chi connectivity index (χ0) is 13.8. The van der Waals surface area contributed by atoms with E-state index >= 15 is 0 Å². The second-order valence-corrected chi connectivity index (χ2v) is 7.09. The molecule has 0 atom stereocenters. The number of nitrogens with zero attached hydrogens (tertiary/aromatic N) is 2. The molecule has 1 aromatic rings. The van der Waals surface area contributed by atoms with Gasteiger partial charge in [0.05, 0.1) is 0 Å². The van der Waals surface area contributed by atoms with Gasteiger partial charge < -0.3 is 9.80 Å². The Morgan fingerprint density at radius 1 is 1.25 bits per heavy atom. The molecule has 1 aliphatic heterocycles. The number of aryl methyl sites for hydroxylation is 1. The molecule has 1 amide bonds. The average Bonchev–Trinajstić information content (AvgIpc) is 3.17. The van der Waals surface area contributed by atoms with Gasteiger partial charge in [0, 0.05) is 37.5 Å². The first-order valence-electron chi connectivity index (χ1n) is 7.84. The number of rotatable bonds is 5. The quantitative estimate of drug-likeness (QED) is 0.833. The summed E-state index contributed by atoms with van der Waals surface area (Å²) < 4.78 is 0. The molecule has 0 bridgehead atoms. The summed E-state index contributed by atoms with van der Waals surface area (Å²) in [5, 5.41) is 2.08. The number of carbonyl (C=O) groups excluding carboxylic acids is 1. The van der Waals surface area contributed by atoms with Gasteiger partial charge in [-0.15, -0.1) is 11.3 Å². The third-order valence-electron chi connectivity index (χ3n) is 4.32. The van der Waals surface area contributed by atoms with Crippen LogP contribution in [0.25, 0.3) is 0 Å². The van der Waals surface area contributed by atoms with Gasteiger partial charge in [-0.2, -0.15) is 0 Å². The van der Waals surface area contributed by atoms with Crippen LogP contribution in [0.5, 0.6) is 0 Å². The van der Waals surface area contributed by atoms with E-state index in [0.29, 0.717) is 12.3 Å². The zero-order valence-electron chi connectivity index (χ0n) is 12.1. The minimum Gasteiger partial charge on any atom is -0.341 e. The Hall–Kier alpha value is -0.870. The first-order valence-corrected chi connectivity index (χ1v) is 8.72. The van der Waals surface area contributed by atoms with Gasteiger partial charge in [0.1, 0.15) is 0 Å². The highest BCUT2D eigenvalue weighted by Gasteiger charge is 2.26. The highest BCUT2D eigenvalue weighted by molar-refractivity contribution is 7.09. The van der Waals surface area contributed by atoms with E-state index < -0.39 is 0 Å². The monoisotopic (exact) mass is 292 g/mol. The van der Waals surface area contributed by atoms with Crippen molar-refractivity contribution in [1.82, 2.24) is 9.80 Å². The maximum atomic E-state index is 12.3. The van der Waals surface area contributed by atoms with E-state index in [9.17, 15) is 4.79 Å². The van der Waals surface area contributed by atoms with Gasteiger partial charge in [0.2, 0.25) is 5.91 Å². The molecule has 2 fully saturated rings. The maximum Gasteiger partial charge on any atom is 0.222 e. The second-order valence-electron chi connectivity index (χ2n) is 6.06. The van der Waals surface area contributed by atoms with Crippen molar-refractivity contribution < 1.29 is 4.79 Å². The lowest BCUT2D eigenvalue weighted by Crippen LogP contribution is -2.35. The molecule has 1 aromatic heterocycles. The molecular formula is C16H24N2OS. The summed E-state index contributed by atoms with van der Waals surface area (Å²) in [6.45, 7) is 5.38. The van der Waals surface area contributed by atoms with Gasteiger partial charge >= 0.3 is 0 Å². The van der Waals surface area contributed by atoms with Crippen molar-refractivity contribution in [1.29, 1.82) is 0 Å². The van der Waals surface area contributed by atoms with E-state index in [1.807, 2.05) is 0 Å². The van der Waals surface area contributed by atoms with Crippen molar-refractivity contribution >= 4 is 17.2 Å². The number of carbonyl (C=O) groups is 1. The number of thiophene rings is 1. The Labute approximate surface area is 125 Å². The van der Waals surface area contributed by atoms with Gasteiger partial charge in [-0.3, -0.25) is 4.79 Å². The molecule has 110 valence electrons. The summed E-state index contributed by atoms with van der Waals surface area (Å²) in [4.78, 5) is 18.3. The van der Waals surface area contributed by atoms with Crippen LogP contribution in [-0.2, 0) is 11.2 Å². The summed E-state index contributed by atoms with van der Waals surface area (Å²) in [6.07, 6.45) is 5.54. The fourth-order valence-corrected chi connectivity index (χ4v) is 3.62. The normalized spacial score (nSPS) is 20.9. The molecule has 1 saturated heterocycles. The predicted molar refractivity (Wildman–Crippen MR) is 83.0 cm³/mol. The SMILES string of the molecule is O=C(CCc1cccs1)N1CCCN(CC2CC2)CC1. The maximum absolute atomic E-state index is 12.3. The van der Waals surface area contributed by atoms with Crippen molar-refractivity contribution in [3.63, 3.8) is 0 Å². The van der Waals surface area contributed by atoms with Crippen LogP contribution in [0.4, 0.5) is 0 Å². The molecule has 0 N–H and O–H groups in total.